The maximum absolute atomic E-state index is 12.3. The Labute approximate surface area is 188 Å². The molecule has 1 heterocycles. The molecule has 11 heteroatoms. The molecule has 0 unspecified atom stereocenters. The number of carbonyl (C=O) groups is 3. The van der Waals surface area contributed by atoms with Gasteiger partial charge in [-0.25, -0.2) is 4.79 Å². The first-order valence-electron chi connectivity index (χ1n) is 10.1. The summed E-state index contributed by atoms with van der Waals surface area (Å²) >= 11 is 1.24. The van der Waals surface area contributed by atoms with Crippen LogP contribution in [0.2, 0.25) is 0 Å². The third-order valence-electron chi connectivity index (χ3n) is 4.68. The van der Waals surface area contributed by atoms with Crippen molar-refractivity contribution in [1.29, 1.82) is 0 Å². The number of nitro groups is 1. The van der Waals surface area contributed by atoms with Crippen molar-refractivity contribution in [2.75, 3.05) is 30.4 Å². The van der Waals surface area contributed by atoms with Gasteiger partial charge in [0.05, 0.1) is 23.5 Å². The van der Waals surface area contributed by atoms with Gasteiger partial charge < -0.3 is 20.1 Å². The SMILES string of the molecule is CCOC(=O)c1c(C2CC2)csc1NC(=O)COC(=O)CCNc1ccccc1[N+](=O)[O-]. The van der Waals surface area contributed by atoms with E-state index in [-0.39, 0.29) is 25.3 Å². The van der Waals surface area contributed by atoms with Crippen molar-refractivity contribution >= 4 is 45.6 Å². The van der Waals surface area contributed by atoms with Gasteiger partial charge in [0.1, 0.15) is 10.7 Å². The number of ether oxygens (including phenoxy) is 2. The number of amides is 1. The molecule has 3 rings (SSSR count). The molecule has 1 fully saturated rings. The second-order valence-electron chi connectivity index (χ2n) is 7.05. The van der Waals surface area contributed by atoms with Crippen molar-refractivity contribution in [2.45, 2.75) is 32.1 Å². The molecule has 1 saturated carbocycles. The molecule has 1 aliphatic rings. The standard InChI is InChI=1S/C21H23N3O7S/c1-2-30-21(27)19-14(13-7-8-13)12-32-20(19)23-17(25)11-31-18(26)9-10-22-15-5-3-4-6-16(15)24(28)29/h3-6,12-13,22H,2,7-11H2,1H3,(H,23,25). The van der Waals surface area contributed by atoms with Crippen LogP contribution in [0.15, 0.2) is 29.6 Å². The van der Waals surface area contributed by atoms with Crippen LogP contribution in [0.3, 0.4) is 0 Å². The van der Waals surface area contributed by atoms with Gasteiger partial charge in [-0.2, -0.15) is 0 Å². The van der Waals surface area contributed by atoms with Gasteiger partial charge in [0, 0.05) is 12.6 Å². The number of thiophene rings is 1. The van der Waals surface area contributed by atoms with Crippen LogP contribution in [-0.4, -0.2) is 42.5 Å². The number of nitro benzene ring substituents is 1. The van der Waals surface area contributed by atoms with E-state index in [4.69, 9.17) is 9.47 Å². The number of anilines is 2. The van der Waals surface area contributed by atoms with Crippen LogP contribution < -0.4 is 10.6 Å². The number of hydrogen-bond donors (Lipinski definition) is 2. The van der Waals surface area contributed by atoms with Gasteiger partial charge in [-0.05, 0) is 42.7 Å². The van der Waals surface area contributed by atoms with Crippen LogP contribution in [0.1, 0.15) is 48.0 Å². The van der Waals surface area contributed by atoms with E-state index in [1.807, 2.05) is 5.38 Å². The molecule has 32 heavy (non-hydrogen) atoms. The first-order chi connectivity index (χ1) is 15.4. The lowest BCUT2D eigenvalue weighted by Gasteiger charge is -2.09. The summed E-state index contributed by atoms with van der Waals surface area (Å²) in [5, 5.41) is 18.7. The summed E-state index contributed by atoms with van der Waals surface area (Å²) in [6, 6.07) is 6.08. The highest BCUT2D eigenvalue weighted by Crippen LogP contribution is 2.46. The lowest BCUT2D eigenvalue weighted by molar-refractivity contribution is -0.384. The predicted octanol–water partition coefficient (Wildman–Crippen LogP) is 3.69. The molecule has 1 aliphatic carbocycles. The topological polar surface area (TPSA) is 137 Å². The van der Waals surface area contributed by atoms with Crippen LogP contribution in [0.5, 0.6) is 0 Å². The number of benzene rings is 1. The fourth-order valence-corrected chi connectivity index (χ4v) is 4.08. The average Bonchev–Trinajstić information content (AvgIpc) is 3.53. The lowest BCUT2D eigenvalue weighted by atomic mass is 10.1. The first kappa shape index (κ1) is 23.2. The smallest absolute Gasteiger partial charge is 0.341 e. The number of hydrogen-bond acceptors (Lipinski definition) is 9. The van der Waals surface area contributed by atoms with Gasteiger partial charge in [0.15, 0.2) is 6.61 Å². The third-order valence-corrected chi connectivity index (χ3v) is 5.59. The largest absolute Gasteiger partial charge is 0.462 e. The van der Waals surface area contributed by atoms with E-state index in [0.717, 1.165) is 18.4 Å². The fourth-order valence-electron chi connectivity index (χ4n) is 3.03. The van der Waals surface area contributed by atoms with Crippen molar-refractivity contribution in [1.82, 2.24) is 0 Å². The monoisotopic (exact) mass is 461 g/mol. The summed E-state index contributed by atoms with van der Waals surface area (Å²) in [6.45, 7) is 1.53. The molecule has 170 valence electrons. The van der Waals surface area contributed by atoms with Gasteiger partial charge in [0.25, 0.3) is 11.6 Å². The quantitative estimate of drug-likeness (QED) is 0.294. The molecule has 10 nitrogen and oxygen atoms in total. The zero-order valence-electron chi connectivity index (χ0n) is 17.4. The molecular formula is C21H23N3O7S. The molecule has 1 amide bonds. The Balaban J connectivity index is 1.48. The van der Waals surface area contributed by atoms with Crippen molar-refractivity contribution in [3.05, 3.63) is 50.9 Å². The molecule has 0 spiro atoms. The normalized spacial score (nSPS) is 12.7. The number of carbonyl (C=O) groups excluding carboxylic acids is 3. The molecule has 0 atom stereocenters. The summed E-state index contributed by atoms with van der Waals surface area (Å²) < 4.78 is 10.1. The van der Waals surface area contributed by atoms with Crippen molar-refractivity contribution in [3.63, 3.8) is 0 Å². The van der Waals surface area contributed by atoms with E-state index in [0.29, 0.717) is 22.2 Å². The highest BCUT2D eigenvalue weighted by molar-refractivity contribution is 7.15. The molecule has 0 saturated heterocycles. The van der Waals surface area contributed by atoms with Gasteiger partial charge in [-0.1, -0.05) is 12.1 Å². The molecule has 0 radical (unpaired) electrons. The van der Waals surface area contributed by atoms with Crippen LogP contribution in [0.25, 0.3) is 0 Å². The summed E-state index contributed by atoms with van der Waals surface area (Å²) in [5.41, 5.74) is 1.44. The van der Waals surface area contributed by atoms with Crippen LogP contribution in [0, 0.1) is 10.1 Å². The van der Waals surface area contributed by atoms with E-state index in [1.54, 1.807) is 19.1 Å². The minimum atomic E-state index is -0.637. The Bertz CT molecular complexity index is 1020. The summed E-state index contributed by atoms with van der Waals surface area (Å²) in [4.78, 5) is 47.0. The minimum absolute atomic E-state index is 0.0851. The Morgan fingerprint density at radius 3 is 2.66 bits per heavy atom. The molecule has 0 aliphatic heterocycles. The van der Waals surface area contributed by atoms with Crippen molar-refractivity contribution in [3.8, 4) is 0 Å². The van der Waals surface area contributed by atoms with Crippen molar-refractivity contribution < 1.29 is 28.8 Å². The van der Waals surface area contributed by atoms with E-state index in [9.17, 15) is 24.5 Å². The number of nitrogens with zero attached hydrogens (tertiary/aromatic N) is 1. The Kier molecular flexibility index (Phi) is 7.77. The van der Waals surface area contributed by atoms with Crippen molar-refractivity contribution in [2.24, 2.45) is 0 Å². The predicted molar refractivity (Wildman–Crippen MR) is 118 cm³/mol. The maximum atomic E-state index is 12.3. The maximum Gasteiger partial charge on any atom is 0.341 e. The van der Waals surface area contributed by atoms with Gasteiger partial charge in [0.2, 0.25) is 0 Å². The number of nitrogens with one attached hydrogen (secondary N) is 2. The zero-order valence-corrected chi connectivity index (χ0v) is 18.2. The van der Waals surface area contributed by atoms with Crippen LogP contribution in [-0.2, 0) is 19.1 Å². The van der Waals surface area contributed by atoms with Crippen LogP contribution >= 0.6 is 11.3 Å². The fraction of sp³-hybridized carbons (Fsp3) is 0.381. The Morgan fingerprint density at radius 1 is 1.22 bits per heavy atom. The molecule has 2 aromatic rings. The third kappa shape index (κ3) is 6.03. The molecule has 1 aromatic heterocycles. The zero-order chi connectivity index (χ0) is 23.1. The second-order valence-corrected chi connectivity index (χ2v) is 7.93. The van der Waals surface area contributed by atoms with Gasteiger partial charge >= 0.3 is 11.9 Å². The first-order valence-corrected chi connectivity index (χ1v) is 11.0. The molecule has 1 aromatic carbocycles. The minimum Gasteiger partial charge on any atom is -0.462 e. The molecular weight excluding hydrogens is 438 g/mol. The Morgan fingerprint density at radius 2 is 1.97 bits per heavy atom. The van der Waals surface area contributed by atoms with E-state index in [2.05, 4.69) is 10.6 Å². The summed E-state index contributed by atoms with van der Waals surface area (Å²) in [5.74, 6) is -1.38. The Hall–Kier alpha value is -3.47. The summed E-state index contributed by atoms with van der Waals surface area (Å²) in [7, 11) is 0. The van der Waals surface area contributed by atoms with E-state index in [1.165, 1.54) is 23.5 Å². The highest BCUT2D eigenvalue weighted by Gasteiger charge is 2.32. The number of rotatable bonds is 11. The molecule has 2 N–H and O–H groups in total. The van der Waals surface area contributed by atoms with Gasteiger partial charge in [-0.3, -0.25) is 19.7 Å². The van der Waals surface area contributed by atoms with E-state index >= 15 is 0 Å². The number of para-hydroxylation sites is 2. The summed E-state index contributed by atoms with van der Waals surface area (Å²) in [6.07, 6.45) is 1.90. The lowest BCUT2D eigenvalue weighted by Crippen LogP contribution is -2.22. The second kappa shape index (κ2) is 10.7. The highest BCUT2D eigenvalue weighted by atomic mass is 32.1. The van der Waals surface area contributed by atoms with Crippen LogP contribution in [0.4, 0.5) is 16.4 Å². The average molecular weight is 461 g/mol. The molecule has 0 bridgehead atoms. The number of esters is 2. The van der Waals surface area contributed by atoms with Gasteiger partial charge in [-0.15, -0.1) is 11.3 Å². The van der Waals surface area contributed by atoms with E-state index < -0.39 is 29.4 Å².